The summed E-state index contributed by atoms with van der Waals surface area (Å²) in [5.41, 5.74) is 0. The Morgan fingerprint density at radius 2 is 0.870 bits per heavy atom. The van der Waals surface area contributed by atoms with E-state index in [0.29, 0.717) is 64.8 Å². The molecule has 0 aromatic rings. The van der Waals surface area contributed by atoms with Crippen LogP contribution >= 0.6 is 0 Å². The van der Waals surface area contributed by atoms with Crippen LogP contribution < -0.4 is 16.0 Å². The molecule has 0 heterocycles. The van der Waals surface area contributed by atoms with E-state index in [2.05, 4.69) is 36.7 Å². The average Bonchev–Trinajstić information content (AvgIpc) is 3.16. The minimum Gasteiger partial charge on any atom is -0.466 e. The van der Waals surface area contributed by atoms with E-state index in [1.807, 2.05) is 6.92 Å². The SMILES string of the molecule is CCCCCCCCCCCC(=O)OCCCCNC(=O)CCC(NC(=O)C(C)CCCC)C(=O)NCCCCOC(=O)CCCCCCCCCCC. The lowest BCUT2D eigenvalue weighted by Crippen LogP contribution is -2.48. The zero-order valence-corrected chi connectivity index (χ0v) is 35.3. The van der Waals surface area contributed by atoms with E-state index < -0.39 is 6.04 Å². The number of nitrogens with one attached hydrogen (secondary N) is 3. The van der Waals surface area contributed by atoms with Crippen LogP contribution in [0.1, 0.15) is 214 Å². The van der Waals surface area contributed by atoms with Gasteiger partial charge in [0, 0.05) is 38.3 Å². The highest BCUT2D eigenvalue weighted by Crippen LogP contribution is 2.13. The Morgan fingerprint density at radius 1 is 0.444 bits per heavy atom. The Balaban J connectivity index is 4.27. The van der Waals surface area contributed by atoms with Crippen molar-refractivity contribution >= 4 is 29.7 Å². The minimum absolute atomic E-state index is 0.102. The van der Waals surface area contributed by atoms with Gasteiger partial charge in [-0.25, -0.2) is 0 Å². The van der Waals surface area contributed by atoms with Crippen LogP contribution in [0.25, 0.3) is 0 Å². The molecule has 0 aromatic carbocycles. The van der Waals surface area contributed by atoms with E-state index in [0.717, 1.165) is 44.9 Å². The maximum atomic E-state index is 13.1. The lowest BCUT2D eigenvalue weighted by atomic mass is 10.0. The zero-order valence-electron chi connectivity index (χ0n) is 35.3. The smallest absolute Gasteiger partial charge is 0.305 e. The van der Waals surface area contributed by atoms with Gasteiger partial charge in [0.25, 0.3) is 0 Å². The molecule has 54 heavy (non-hydrogen) atoms. The molecule has 10 heteroatoms. The topological polar surface area (TPSA) is 140 Å². The van der Waals surface area contributed by atoms with Crippen molar-refractivity contribution in [2.45, 2.75) is 220 Å². The second kappa shape index (κ2) is 38.6. The predicted octanol–water partition coefficient (Wildman–Crippen LogP) is 9.80. The molecule has 0 aliphatic carbocycles. The van der Waals surface area contributed by atoms with Crippen molar-refractivity contribution in [1.82, 2.24) is 16.0 Å². The van der Waals surface area contributed by atoms with Crippen molar-refractivity contribution in [3.8, 4) is 0 Å². The first kappa shape index (κ1) is 51.4. The summed E-state index contributed by atoms with van der Waals surface area (Å²) in [6.07, 6.45) is 28.2. The van der Waals surface area contributed by atoms with Gasteiger partial charge in [-0.3, -0.25) is 24.0 Å². The normalized spacial score (nSPS) is 12.1. The number of amides is 3. The highest BCUT2D eigenvalue weighted by molar-refractivity contribution is 5.89. The molecule has 3 N–H and O–H groups in total. The van der Waals surface area contributed by atoms with Crippen LogP contribution in [0, 0.1) is 5.92 Å². The van der Waals surface area contributed by atoms with E-state index in [1.54, 1.807) is 0 Å². The number of hydrogen-bond acceptors (Lipinski definition) is 7. The van der Waals surface area contributed by atoms with E-state index >= 15 is 0 Å². The maximum absolute atomic E-state index is 13.1. The van der Waals surface area contributed by atoms with Gasteiger partial charge in [0.05, 0.1) is 13.2 Å². The van der Waals surface area contributed by atoms with Crippen molar-refractivity contribution in [3.05, 3.63) is 0 Å². The maximum Gasteiger partial charge on any atom is 0.305 e. The van der Waals surface area contributed by atoms with Gasteiger partial charge in [0.1, 0.15) is 6.04 Å². The number of esters is 2. The molecule has 316 valence electrons. The first-order valence-electron chi connectivity index (χ1n) is 22.4. The monoisotopic (exact) mass is 766 g/mol. The summed E-state index contributed by atoms with van der Waals surface area (Å²) in [5.74, 6) is -1.23. The molecule has 10 nitrogen and oxygen atoms in total. The van der Waals surface area contributed by atoms with Gasteiger partial charge < -0.3 is 25.4 Å². The third-order valence-electron chi connectivity index (χ3n) is 9.99. The summed E-state index contributed by atoms with van der Waals surface area (Å²) in [6, 6.07) is -0.813. The summed E-state index contributed by atoms with van der Waals surface area (Å²) in [7, 11) is 0. The van der Waals surface area contributed by atoms with Gasteiger partial charge in [-0.1, -0.05) is 143 Å². The Bertz CT molecular complexity index is 945. The largest absolute Gasteiger partial charge is 0.466 e. The first-order chi connectivity index (χ1) is 26.2. The zero-order chi connectivity index (χ0) is 39.9. The molecule has 0 aromatic heterocycles. The molecule has 2 atom stereocenters. The quantitative estimate of drug-likeness (QED) is 0.0418. The molecule has 0 fully saturated rings. The van der Waals surface area contributed by atoms with Crippen LogP contribution in [-0.2, 0) is 33.4 Å². The first-order valence-corrected chi connectivity index (χ1v) is 22.4. The molecule has 0 saturated carbocycles. The Kier molecular flexibility index (Phi) is 36.7. The Hall–Kier alpha value is -2.65. The summed E-state index contributed by atoms with van der Waals surface area (Å²) in [4.78, 5) is 62.6. The predicted molar refractivity (Wildman–Crippen MR) is 220 cm³/mol. The van der Waals surface area contributed by atoms with Crippen LogP contribution in [0.15, 0.2) is 0 Å². The molecule has 2 unspecified atom stereocenters. The fourth-order valence-electron chi connectivity index (χ4n) is 6.28. The number of hydrogen-bond donors (Lipinski definition) is 3. The van der Waals surface area contributed by atoms with Gasteiger partial charge >= 0.3 is 11.9 Å². The van der Waals surface area contributed by atoms with Gasteiger partial charge in [-0.05, 0) is 51.4 Å². The summed E-state index contributed by atoms with van der Waals surface area (Å²) < 4.78 is 10.7. The van der Waals surface area contributed by atoms with Crippen LogP contribution in [0.4, 0.5) is 0 Å². The van der Waals surface area contributed by atoms with Crippen LogP contribution in [0.3, 0.4) is 0 Å². The van der Waals surface area contributed by atoms with E-state index in [1.165, 1.54) is 89.9 Å². The molecule has 0 radical (unpaired) electrons. The molecule has 0 aliphatic rings. The molecule has 0 rings (SSSR count). The van der Waals surface area contributed by atoms with Crippen molar-refractivity contribution in [1.29, 1.82) is 0 Å². The number of carbonyl (C=O) groups excluding carboxylic acids is 5. The fraction of sp³-hybridized carbons (Fsp3) is 0.886. The van der Waals surface area contributed by atoms with Crippen molar-refractivity contribution < 1.29 is 33.4 Å². The highest BCUT2D eigenvalue weighted by Gasteiger charge is 2.24. The van der Waals surface area contributed by atoms with Gasteiger partial charge in [0.15, 0.2) is 0 Å². The third kappa shape index (κ3) is 33.9. The van der Waals surface area contributed by atoms with Gasteiger partial charge in [-0.2, -0.15) is 0 Å². The van der Waals surface area contributed by atoms with Gasteiger partial charge in [-0.15, -0.1) is 0 Å². The standard InChI is InChI=1S/C44H83N3O7/c1-5-8-11-13-15-17-19-21-23-30-41(49)53-36-27-25-34-45-40(48)33-32-39(47-43(51)38(4)29-10-7-3)44(52)46-35-26-28-37-54-42(50)31-24-22-20-18-16-14-12-9-6-2/h38-39H,5-37H2,1-4H3,(H,45,48)(H,46,52)(H,47,51). The second-order valence-electron chi connectivity index (χ2n) is 15.3. The van der Waals surface area contributed by atoms with Crippen LogP contribution in [0.2, 0.25) is 0 Å². The third-order valence-corrected chi connectivity index (χ3v) is 9.99. The van der Waals surface area contributed by atoms with Crippen LogP contribution in [-0.4, -0.2) is 62.0 Å². The summed E-state index contributed by atoms with van der Waals surface area (Å²) in [6.45, 7) is 9.90. The number of carbonyl (C=O) groups is 5. The summed E-state index contributed by atoms with van der Waals surface area (Å²) in [5, 5.41) is 8.64. The molecule has 3 amide bonds. The summed E-state index contributed by atoms with van der Waals surface area (Å²) >= 11 is 0. The van der Waals surface area contributed by atoms with E-state index in [4.69, 9.17) is 9.47 Å². The van der Waals surface area contributed by atoms with Crippen LogP contribution in [0.5, 0.6) is 0 Å². The van der Waals surface area contributed by atoms with E-state index in [-0.39, 0.29) is 48.4 Å². The molecular weight excluding hydrogens is 682 g/mol. The molecule has 0 aliphatic heterocycles. The minimum atomic E-state index is -0.813. The fourth-order valence-corrected chi connectivity index (χ4v) is 6.28. The molecule has 0 saturated heterocycles. The second-order valence-corrected chi connectivity index (χ2v) is 15.3. The Labute approximate surface area is 330 Å². The number of unbranched alkanes of at least 4 members (excludes halogenated alkanes) is 19. The van der Waals surface area contributed by atoms with Crippen molar-refractivity contribution in [3.63, 3.8) is 0 Å². The van der Waals surface area contributed by atoms with Crippen molar-refractivity contribution in [2.75, 3.05) is 26.3 Å². The molecule has 0 spiro atoms. The number of ether oxygens (including phenoxy) is 2. The average molecular weight is 766 g/mol. The molecular formula is C44H83N3O7. The van der Waals surface area contributed by atoms with E-state index in [9.17, 15) is 24.0 Å². The number of rotatable bonds is 39. The highest BCUT2D eigenvalue weighted by atomic mass is 16.5. The van der Waals surface area contributed by atoms with Gasteiger partial charge in [0.2, 0.25) is 17.7 Å². The Morgan fingerprint density at radius 3 is 1.33 bits per heavy atom. The molecule has 0 bridgehead atoms. The lowest BCUT2D eigenvalue weighted by Gasteiger charge is -2.21. The van der Waals surface area contributed by atoms with Crippen molar-refractivity contribution in [2.24, 2.45) is 5.92 Å². The lowest BCUT2D eigenvalue weighted by molar-refractivity contribution is -0.144.